The molecule has 76 valence electrons. The molecule has 0 saturated heterocycles. The van der Waals surface area contributed by atoms with E-state index in [0.717, 1.165) is 11.8 Å². The van der Waals surface area contributed by atoms with E-state index in [1.54, 1.807) is 11.1 Å². The Morgan fingerprint density at radius 3 is 3.00 bits per heavy atom. The molecule has 0 radical (unpaired) electrons. The van der Waals surface area contributed by atoms with E-state index >= 15 is 0 Å². The Labute approximate surface area is 93.6 Å². The molecule has 0 aromatic heterocycles. The quantitative estimate of drug-likeness (QED) is 0.362. The van der Waals surface area contributed by atoms with Gasteiger partial charge >= 0.3 is 0 Å². The van der Waals surface area contributed by atoms with Crippen molar-refractivity contribution in [1.29, 1.82) is 0 Å². The van der Waals surface area contributed by atoms with Crippen molar-refractivity contribution < 1.29 is 0 Å². The number of allylic oxidation sites excluding steroid dienone is 4. The highest BCUT2D eigenvalue weighted by molar-refractivity contribution is 9.09. The summed E-state index contributed by atoms with van der Waals surface area (Å²) in [7, 11) is 0. The number of halogens is 1. The highest BCUT2D eigenvalue weighted by atomic mass is 79.9. The average Bonchev–Trinajstić information content (AvgIpc) is 2.26. The van der Waals surface area contributed by atoms with Gasteiger partial charge in [-0.25, -0.2) is 5.84 Å². The van der Waals surface area contributed by atoms with Gasteiger partial charge in [-0.3, -0.25) is 0 Å². The average molecular weight is 255 g/mol. The largest absolute Gasteiger partial charge is 0.311 e. The van der Waals surface area contributed by atoms with Crippen LogP contribution in [-0.2, 0) is 0 Å². The van der Waals surface area contributed by atoms with Gasteiger partial charge in [-0.15, -0.1) is 0 Å². The molecule has 0 spiro atoms. The number of rotatable bonds is 4. The second-order valence-electron chi connectivity index (χ2n) is 3.10. The van der Waals surface area contributed by atoms with Crippen molar-refractivity contribution in [3.8, 4) is 0 Å². The maximum absolute atomic E-state index is 5.83. The molecular formula is C11H15BrN2. The summed E-state index contributed by atoms with van der Waals surface area (Å²) in [5.74, 6) is 5.83. The molecule has 0 bridgehead atoms. The van der Waals surface area contributed by atoms with E-state index in [-0.39, 0.29) is 6.04 Å². The number of hydrazine groups is 1. The molecule has 1 aliphatic rings. The SMILES string of the molecule is C=C/C=C\N(N)C1C=CC(CBr)=CC1. The molecule has 0 fully saturated rings. The van der Waals surface area contributed by atoms with Crippen molar-refractivity contribution in [2.24, 2.45) is 5.84 Å². The van der Waals surface area contributed by atoms with E-state index in [2.05, 4.69) is 40.7 Å². The lowest BCUT2D eigenvalue weighted by Gasteiger charge is -2.24. The molecule has 3 heteroatoms. The van der Waals surface area contributed by atoms with E-state index < -0.39 is 0 Å². The van der Waals surface area contributed by atoms with Crippen LogP contribution in [0.4, 0.5) is 0 Å². The topological polar surface area (TPSA) is 29.3 Å². The van der Waals surface area contributed by atoms with Crippen molar-refractivity contribution in [2.75, 3.05) is 5.33 Å². The molecule has 0 amide bonds. The van der Waals surface area contributed by atoms with Crippen molar-refractivity contribution in [2.45, 2.75) is 12.5 Å². The van der Waals surface area contributed by atoms with Gasteiger partial charge in [-0.2, -0.15) is 0 Å². The van der Waals surface area contributed by atoms with Gasteiger partial charge in [0.15, 0.2) is 0 Å². The fourth-order valence-electron chi connectivity index (χ4n) is 1.24. The van der Waals surface area contributed by atoms with E-state index in [9.17, 15) is 0 Å². The predicted molar refractivity (Wildman–Crippen MR) is 64.8 cm³/mol. The second-order valence-corrected chi connectivity index (χ2v) is 3.66. The minimum atomic E-state index is 0.258. The number of hydrogen-bond donors (Lipinski definition) is 1. The molecule has 0 aromatic carbocycles. The lowest BCUT2D eigenvalue weighted by Crippen LogP contribution is -2.35. The van der Waals surface area contributed by atoms with Crippen LogP contribution in [0, 0.1) is 0 Å². The van der Waals surface area contributed by atoms with Crippen LogP contribution >= 0.6 is 15.9 Å². The molecule has 1 unspecified atom stereocenters. The van der Waals surface area contributed by atoms with Crippen LogP contribution in [0.1, 0.15) is 6.42 Å². The molecule has 1 atom stereocenters. The first-order chi connectivity index (χ1) is 6.77. The predicted octanol–water partition coefficient (Wildman–Crippen LogP) is 2.51. The number of hydrogen-bond acceptors (Lipinski definition) is 2. The molecule has 0 aliphatic heterocycles. The lowest BCUT2D eigenvalue weighted by atomic mass is 10.0. The zero-order valence-corrected chi connectivity index (χ0v) is 9.65. The van der Waals surface area contributed by atoms with Crippen LogP contribution < -0.4 is 5.84 Å². The van der Waals surface area contributed by atoms with Gasteiger partial charge in [0.2, 0.25) is 0 Å². The van der Waals surface area contributed by atoms with Gasteiger partial charge in [0.25, 0.3) is 0 Å². The zero-order valence-electron chi connectivity index (χ0n) is 8.07. The van der Waals surface area contributed by atoms with Crippen molar-refractivity contribution in [3.05, 3.63) is 48.7 Å². The van der Waals surface area contributed by atoms with Crippen LogP contribution in [0.5, 0.6) is 0 Å². The third-order valence-electron chi connectivity index (χ3n) is 2.09. The molecule has 0 heterocycles. The Morgan fingerprint density at radius 1 is 1.71 bits per heavy atom. The van der Waals surface area contributed by atoms with Crippen molar-refractivity contribution in [1.82, 2.24) is 5.01 Å². The van der Waals surface area contributed by atoms with Gasteiger partial charge in [0.1, 0.15) is 0 Å². The van der Waals surface area contributed by atoms with Crippen molar-refractivity contribution >= 4 is 15.9 Å². The Kier molecular flexibility index (Phi) is 4.70. The summed E-state index contributed by atoms with van der Waals surface area (Å²) in [6.07, 6.45) is 12.7. The summed E-state index contributed by atoms with van der Waals surface area (Å²) < 4.78 is 0. The number of nitrogens with two attached hydrogens (primary N) is 1. The number of nitrogens with zero attached hydrogens (tertiary/aromatic N) is 1. The van der Waals surface area contributed by atoms with Gasteiger partial charge < -0.3 is 5.01 Å². The maximum Gasteiger partial charge on any atom is 0.0663 e. The highest BCUT2D eigenvalue weighted by Gasteiger charge is 2.10. The first-order valence-electron chi connectivity index (χ1n) is 4.53. The molecular weight excluding hydrogens is 240 g/mol. The maximum atomic E-state index is 5.83. The second kappa shape index (κ2) is 5.83. The smallest absolute Gasteiger partial charge is 0.0663 e. The van der Waals surface area contributed by atoms with Gasteiger partial charge in [-0.05, 0) is 18.1 Å². The zero-order chi connectivity index (χ0) is 10.4. The Bertz CT molecular complexity index is 279. The standard InChI is InChI=1S/C11H15BrN2/c1-2-3-8-14(13)11-6-4-10(9-12)5-7-11/h2-6,8,11H,1,7,9,13H2/b8-3-. The first-order valence-corrected chi connectivity index (χ1v) is 5.65. The third kappa shape index (κ3) is 3.16. The normalized spacial score (nSPS) is 21.0. The Balaban J connectivity index is 2.50. The van der Waals surface area contributed by atoms with Crippen molar-refractivity contribution in [3.63, 3.8) is 0 Å². The Hall–Kier alpha value is -0.800. The number of alkyl halides is 1. The summed E-state index contributed by atoms with van der Waals surface area (Å²) in [6.45, 7) is 3.60. The van der Waals surface area contributed by atoms with Gasteiger partial charge in [0, 0.05) is 11.5 Å². The molecule has 0 aromatic rings. The summed E-state index contributed by atoms with van der Waals surface area (Å²) in [5, 5.41) is 2.60. The summed E-state index contributed by atoms with van der Waals surface area (Å²) in [4.78, 5) is 0. The third-order valence-corrected chi connectivity index (χ3v) is 2.73. The van der Waals surface area contributed by atoms with E-state index in [4.69, 9.17) is 5.84 Å². The minimum Gasteiger partial charge on any atom is -0.311 e. The summed E-state index contributed by atoms with van der Waals surface area (Å²) >= 11 is 3.42. The highest BCUT2D eigenvalue weighted by Crippen LogP contribution is 2.15. The Morgan fingerprint density at radius 2 is 2.50 bits per heavy atom. The summed E-state index contributed by atoms with van der Waals surface area (Å²) in [6, 6.07) is 0.258. The molecule has 0 saturated carbocycles. The summed E-state index contributed by atoms with van der Waals surface area (Å²) in [5.41, 5.74) is 1.31. The molecule has 2 nitrogen and oxygen atoms in total. The first kappa shape index (κ1) is 11.3. The van der Waals surface area contributed by atoms with Gasteiger partial charge in [0.05, 0.1) is 6.04 Å². The van der Waals surface area contributed by atoms with E-state index in [1.807, 2.05) is 12.3 Å². The molecule has 14 heavy (non-hydrogen) atoms. The van der Waals surface area contributed by atoms with Crippen LogP contribution in [0.3, 0.4) is 0 Å². The van der Waals surface area contributed by atoms with Crippen LogP contribution in [0.25, 0.3) is 0 Å². The minimum absolute atomic E-state index is 0.258. The van der Waals surface area contributed by atoms with Crippen LogP contribution in [0.15, 0.2) is 48.7 Å². The molecule has 1 aliphatic carbocycles. The monoisotopic (exact) mass is 254 g/mol. The van der Waals surface area contributed by atoms with E-state index in [1.165, 1.54) is 5.57 Å². The van der Waals surface area contributed by atoms with E-state index in [0.29, 0.717) is 0 Å². The van der Waals surface area contributed by atoms with Crippen LogP contribution in [0.2, 0.25) is 0 Å². The molecule has 2 N–H and O–H groups in total. The fraction of sp³-hybridized carbons (Fsp3) is 0.273. The fourth-order valence-corrected chi connectivity index (χ4v) is 1.66. The van der Waals surface area contributed by atoms with Crippen LogP contribution in [-0.4, -0.2) is 16.4 Å². The van der Waals surface area contributed by atoms with Gasteiger partial charge in [-0.1, -0.05) is 46.8 Å². The lowest BCUT2D eigenvalue weighted by molar-refractivity contribution is 0.331. The molecule has 1 rings (SSSR count).